The lowest BCUT2D eigenvalue weighted by Gasteiger charge is -2.24. The lowest BCUT2D eigenvalue weighted by Crippen LogP contribution is -2.45. The standard InChI is InChI=1S/C11H14N2O4/c1-11(2,10(14)12-3)17-9-6-4-5-8(7-9)13(15)16/h4-7H,1-3H3,(H,12,14). The molecule has 1 aromatic carbocycles. The largest absolute Gasteiger partial charge is 0.478 e. The summed E-state index contributed by atoms with van der Waals surface area (Å²) in [4.78, 5) is 21.6. The quantitative estimate of drug-likeness (QED) is 0.636. The summed E-state index contributed by atoms with van der Waals surface area (Å²) in [7, 11) is 1.50. The van der Waals surface area contributed by atoms with Gasteiger partial charge in [-0.1, -0.05) is 6.07 Å². The number of nitro benzene ring substituents is 1. The fourth-order valence-corrected chi connectivity index (χ4v) is 1.30. The van der Waals surface area contributed by atoms with Crippen molar-refractivity contribution < 1.29 is 14.5 Å². The second kappa shape index (κ2) is 4.82. The highest BCUT2D eigenvalue weighted by Crippen LogP contribution is 2.23. The van der Waals surface area contributed by atoms with E-state index in [1.165, 1.54) is 25.2 Å². The van der Waals surface area contributed by atoms with E-state index in [0.717, 1.165) is 0 Å². The maximum Gasteiger partial charge on any atom is 0.273 e. The van der Waals surface area contributed by atoms with Gasteiger partial charge in [-0.15, -0.1) is 0 Å². The van der Waals surface area contributed by atoms with Crippen LogP contribution in [0.2, 0.25) is 0 Å². The van der Waals surface area contributed by atoms with Crippen molar-refractivity contribution in [3.05, 3.63) is 34.4 Å². The molecule has 0 aliphatic heterocycles. The van der Waals surface area contributed by atoms with Gasteiger partial charge in [0.1, 0.15) is 5.75 Å². The lowest BCUT2D eigenvalue weighted by molar-refractivity contribution is -0.385. The van der Waals surface area contributed by atoms with Crippen LogP contribution < -0.4 is 10.1 Å². The van der Waals surface area contributed by atoms with E-state index < -0.39 is 10.5 Å². The number of ether oxygens (including phenoxy) is 1. The molecule has 0 fully saturated rings. The Kier molecular flexibility index (Phi) is 3.67. The van der Waals surface area contributed by atoms with Crippen LogP contribution in [0.3, 0.4) is 0 Å². The number of rotatable bonds is 4. The number of benzene rings is 1. The summed E-state index contributed by atoms with van der Waals surface area (Å²) in [6, 6.07) is 5.72. The molecule has 0 saturated carbocycles. The number of carbonyl (C=O) groups is 1. The average Bonchev–Trinajstić information content (AvgIpc) is 2.27. The van der Waals surface area contributed by atoms with Crippen LogP contribution in [0, 0.1) is 10.1 Å². The van der Waals surface area contributed by atoms with Crippen molar-refractivity contribution in [1.82, 2.24) is 5.32 Å². The zero-order chi connectivity index (χ0) is 13.1. The molecular weight excluding hydrogens is 224 g/mol. The first-order valence-electron chi connectivity index (χ1n) is 5.02. The Labute approximate surface area is 98.7 Å². The van der Waals surface area contributed by atoms with Gasteiger partial charge < -0.3 is 10.1 Å². The SMILES string of the molecule is CNC(=O)C(C)(C)Oc1cccc([N+](=O)[O-])c1. The van der Waals surface area contributed by atoms with E-state index in [-0.39, 0.29) is 17.3 Å². The molecule has 0 aliphatic rings. The van der Waals surface area contributed by atoms with Crippen LogP contribution in [0.5, 0.6) is 5.75 Å². The lowest BCUT2D eigenvalue weighted by atomic mass is 10.1. The number of nitro groups is 1. The summed E-state index contributed by atoms with van der Waals surface area (Å²) in [5.41, 5.74) is -1.15. The Hall–Kier alpha value is -2.11. The number of carbonyl (C=O) groups excluding carboxylic acids is 1. The third-order valence-electron chi connectivity index (χ3n) is 2.18. The number of nitrogens with zero attached hydrogens (tertiary/aromatic N) is 1. The zero-order valence-corrected chi connectivity index (χ0v) is 9.89. The minimum Gasteiger partial charge on any atom is -0.478 e. The van der Waals surface area contributed by atoms with Crippen LogP contribution in [-0.2, 0) is 4.79 Å². The van der Waals surface area contributed by atoms with Crippen molar-refractivity contribution in [2.45, 2.75) is 19.4 Å². The molecule has 1 amide bonds. The number of hydrogen-bond acceptors (Lipinski definition) is 4. The molecule has 1 rings (SSSR count). The van der Waals surface area contributed by atoms with Gasteiger partial charge in [0.2, 0.25) is 0 Å². The summed E-state index contributed by atoms with van der Waals surface area (Å²) in [6.45, 7) is 3.18. The molecule has 0 bridgehead atoms. The van der Waals surface area contributed by atoms with Gasteiger partial charge in [0.15, 0.2) is 5.60 Å². The van der Waals surface area contributed by atoms with Crippen molar-refractivity contribution in [2.24, 2.45) is 0 Å². The first-order chi connectivity index (χ1) is 7.86. The van der Waals surface area contributed by atoms with Gasteiger partial charge in [0.25, 0.3) is 11.6 Å². The van der Waals surface area contributed by atoms with Crippen LogP contribution in [-0.4, -0.2) is 23.5 Å². The van der Waals surface area contributed by atoms with Gasteiger partial charge in [-0.2, -0.15) is 0 Å². The Morgan fingerprint density at radius 1 is 1.47 bits per heavy atom. The van der Waals surface area contributed by atoms with Gasteiger partial charge in [-0.25, -0.2) is 0 Å². The molecule has 6 heteroatoms. The number of nitrogens with one attached hydrogen (secondary N) is 1. The van der Waals surface area contributed by atoms with Crippen LogP contribution in [0.1, 0.15) is 13.8 Å². The second-order valence-corrected chi connectivity index (χ2v) is 3.95. The van der Waals surface area contributed by atoms with Crippen molar-refractivity contribution in [2.75, 3.05) is 7.05 Å². The molecule has 0 aliphatic carbocycles. The fraction of sp³-hybridized carbons (Fsp3) is 0.364. The number of non-ortho nitro benzene ring substituents is 1. The monoisotopic (exact) mass is 238 g/mol. The predicted octanol–water partition coefficient (Wildman–Crippen LogP) is 1.50. The molecule has 0 atom stereocenters. The molecule has 6 nitrogen and oxygen atoms in total. The van der Waals surface area contributed by atoms with E-state index in [1.54, 1.807) is 19.9 Å². The Morgan fingerprint density at radius 3 is 2.65 bits per heavy atom. The van der Waals surface area contributed by atoms with E-state index in [9.17, 15) is 14.9 Å². The summed E-state index contributed by atoms with van der Waals surface area (Å²) >= 11 is 0. The first-order valence-corrected chi connectivity index (χ1v) is 5.02. The molecule has 0 saturated heterocycles. The molecule has 0 unspecified atom stereocenters. The van der Waals surface area contributed by atoms with E-state index in [2.05, 4.69) is 5.32 Å². The summed E-state index contributed by atoms with van der Waals surface area (Å²) in [5, 5.41) is 13.0. The van der Waals surface area contributed by atoms with Crippen molar-refractivity contribution in [3.63, 3.8) is 0 Å². The maximum atomic E-state index is 11.5. The molecule has 0 spiro atoms. The van der Waals surface area contributed by atoms with Crippen LogP contribution in [0.25, 0.3) is 0 Å². The normalized spacial score (nSPS) is 10.8. The molecule has 1 aromatic rings. The van der Waals surface area contributed by atoms with Gasteiger partial charge in [-0.05, 0) is 19.9 Å². The third kappa shape index (κ3) is 3.17. The van der Waals surface area contributed by atoms with E-state index in [1.807, 2.05) is 0 Å². The second-order valence-electron chi connectivity index (χ2n) is 3.95. The van der Waals surface area contributed by atoms with Gasteiger partial charge in [0, 0.05) is 13.1 Å². The molecule has 1 N–H and O–H groups in total. The van der Waals surface area contributed by atoms with E-state index in [4.69, 9.17) is 4.74 Å². The fourth-order valence-electron chi connectivity index (χ4n) is 1.30. The van der Waals surface area contributed by atoms with Crippen LogP contribution in [0.15, 0.2) is 24.3 Å². The number of likely N-dealkylation sites (N-methyl/N-ethyl adjacent to an activating group) is 1. The molecule has 92 valence electrons. The third-order valence-corrected chi connectivity index (χ3v) is 2.18. The van der Waals surface area contributed by atoms with Crippen molar-refractivity contribution >= 4 is 11.6 Å². The maximum absolute atomic E-state index is 11.5. The average molecular weight is 238 g/mol. The minimum absolute atomic E-state index is 0.0739. The summed E-state index contributed by atoms with van der Waals surface area (Å²) < 4.78 is 5.43. The Balaban J connectivity index is 2.92. The smallest absolute Gasteiger partial charge is 0.273 e. The Bertz CT molecular complexity index is 443. The van der Waals surface area contributed by atoms with Crippen molar-refractivity contribution in [1.29, 1.82) is 0 Å². The summed E-state index contributed by atoms with van der Waals surface area (Å²) in [6.07, 6.45) is 0. The number of amides is 1. The topological polar surface area (TPSA) is 81.5 Å². The first kappa shape index (κ1) is 13.0. The Morgan fingerprint density at radius 2 is 2.12 bits per heavy atom. The minimum atomic E-state index is -1.08. The number of hydrogen-bond donors (Lipinski definition) is 1. The highest BCUT2D eigenvalue weighted by molar-refractivity contribution is 5.84. The molecule has 0 radical (unpaired) electrons. The molecule has 17 heavy (non-hydrogen) atoms. The molecule has 0 aromatic heterocycles. The van der Waals surface area contributed by atoms with Crippen molar-refractivity contribution in [3.8, 4) is 5.75 Å². The molecule has 0 heterocycles. The van der Waals surface area contributed by atoms with Crippen LogP contribution >= 0.6 is 0 Å². The van der Waals surface area contributed by atoms with E-state index in [0.29, 0.717) is 0 Å². The van der Waals surface area contributed by atoms with Crippen LogP contribution in [0.4, 0.5) is 5.69 Å². The van der Waals surface area contributed by atoms with Gasteiger partial charge in [0.05, 0.1) is 11.0 Å². The highest BCUT2D eigenvalue weighted by atomic mass is 16.6. The highest BCUT2D eigenvalue weighted by Gasteiger charge is 2.29. The van der Waals surface area contributed by atoms with Gasteiger partial charge >= 0.3 is 0 Å². The summed E-state index contributed by atoms with van der Waals surface area (Å²) in [5.74, 6) is -0.0168. The molecular formula is C11H14N2O4. The zero-order valence-electron chi connectivity index (χ0n) is 9.89. The van der Waals surface area contributed by atoms with E-state index >= 15 is 0 Å². The van der Waals surface area contributed by atoms with Gasteiger partial charge in [-0.3, -0.25) is 14.9 Å². The predicted molar refractivity (Wildman–Crippen MR) is 61.9 cm³/mol.